The normalized spacial score (nSPS) is 17.5. The van der Waals surface area contributed by atoms with Gasteiger partial charge in [0.25, 0.3) is 11.8 Å². The fourth-order valence-electron chi connectivity index (χ4n) is 4.35. The molecular formula is C25H29FN4O2. The average molecular weight is 437 g/mol. The molecule has 32 heavy (non-hydrogen) atoms. The van der Waals surface area contributed by atoms with Crippen molar-refractivity contribution in [2.45, 2.75) is 13.8 Å². The number of hydrogen-bond donors (Lipinski definition) is 0. The van der Waals surface area contributed by atoms with E-state index >= 15 is 0 Å². The number of piperazine rings is 1. The number of anilines is 2. The molecule has 0 spiro atoms. The minimum Gasteiger partial charge on any atom is -0.372 e. The Kier molecular flexibility index (Phi) is 6.28. The highest BCUT2D eigenvalue weighted by Crippen LogP contribution is 2.35. The number of carbonyl (C=O) groups excluding carboxylic acids is 2. The van der Waals surface area contributed by atoms with Gasteiger partial charge >= 0.3 is 0 Å². The van der Waals surface area contributed by atoms with Gasteiger partial charge in [-0.1, -0.05) is 12.1 Å². The number of benzene rings is 2. The zero-order valence-corrected chi connectivity index (χ0v) is 18.8. The van der Waals surface area contributed by atoms with Gasteiger partial charge in [0.15, 0.2) is 0 Å². The molecule has 2 heterocycles. The lowest BCUT2D eigenvalue weighted by molar-refractivity contribution is -0.120. The molecule has 7 heteroatoms. The SMILES string of the molecule is CCN(CC)c1ccc(N2C(=O)C(c3ccc(F)cc3)=C(N3CCN(C)CC3)C2=O)cc1. The van der Waals surface area contributed by atoms with Crippen LogP contribution in [-0.4, -0.2) is 67.9 Å². The van der Waals surface area contributed by atoms with E-state index in [2.05, 4.69) is 23.6 Å². The molecule has 0 N–H and O–H groups in total. The van der Waals surface area contributed by atoms with E-state index < -0.39 is 0 Å². The number of hydrogen-bond acceptors (Lipinski definition) is 5. The Morgan fingerprint density at radius 3 is 2.00 bits per heavy atom. The van der Waals surface area contributed by atoms with Gasteiger partial charge in [0.05, 0.1) is 11.3 Å². The lowest BCUT2D eigenvalue weighted by Gasteiger charge is -2.34. The predicted octanol–water partition coefficient (Wildman–Crippen LogP) is 3.20. The Morgan fingerprint density at radius 2 is 1.44 bits per heavy atom. The Labute approximate surface area is 188 Å². The first-order valence-corrected chi connectivity index (χ1v) is 11.1. The van der Waals surface area contributed by atoms with E-state index in [4.69, 9.17) is 0 Å². The average Bonchev–Trinajstić information content (AvgIpc) is 3.06. The maximum absolute atomic E-state index is 13.6. The number of carbonyl (C=O) groups is 2. The monoisotopic (exact) mass is 436 g/mol. The minimum absolute atomic E-state index is 0.325. The molecule has 0 saturated carbocycles. The third-order valence-electron chi connectivity index (χ3n) is 6.25. The molecule has 0 radical (unpaired) electrons. The van der Waals surface area contributed by atoms with Gasteiger partial charge in [-0.3, -0.25) is 9.59 Å². The smallest absolute Gasteiger partial charge is 0.282 e. The summed E-state index contributed by atoms with van der Waals surface area (Å²) in [5, 5.41) is 0. The van der Waals surface area contributed by atoms with Crippen LogP contribution in [0.3, 0.4) is 0 Å². The maximum Gasteiger partial charge on any atom is 0.282 e. The summed E-state index contributed by atoms with van der Waals surface area (Å²) in [6, 6.07) is 13.3. The van der Waals surface area contributed by atoms with Crippen LogP contribution < -0.4 is 9.80 Å². The van der Waals surface area contributed by atoms with Crippen LogP contribution in [-0.2, 0) is 9.59 Å². The summed E-state index contributed by atoms with van der Waals surface area (Å²) >= 11 is 0. The van der Waals surface area contributed by atoms with Crippen LogP contribution in [0.4, 0.5) is 15.8 Å². The van der Waals surface area contributed by atoms with Crippen molar-refractivity contribution >= 4 is 28.8 Å². The Balaban J connectivity index is 1.72. The first-order chi connectivity index (χ1) is 15.4. The second-order valence-corrected chi connectivity index (χ2v) is 8.16. The van der Waals surface area contributed by atoms with E-state index in [0.29, 0.717) is 35.6 Å². The quantitative estimate of drug-likeness (QED) is 0.651. The Hall–Kier alpha value is -3.19. The molecule has 168 valence electrons. The van der Waals surface area contributed by atoms with E-state index in [1.165, 1.54) is 17.0 Å². The van der Waals surface area contributed by atoms with E-state index in [0.717, 1.165) is 31.9 Å². The summed E-state index contributed by atoms with van der Waals surface area (Å²) in [6.45, 7) is 8.86. The first kappa shape index (κ1) is 22.0. The molecule has 2 aromatic carbocycles. The van der Waals surface area contributed by atoms with E-state index in [1.807, 2.05) is 36.2 Å². The molecule has 4 rings (SSSR count). The molecule has 2 aromatic rings. The highest BCUT2D eigenvalue weighted by atomic mass is 19.1. The lowest BCUT2D eigenvalue weighted by Crippen LogP contribution is -2.46. The van der Waals surface area contributed by atoms with Crippen molar-refractivity contribution in [1.82, 2.24) is 9.80 Å². The fourth-order valence-corrected chi connectivity index (χ4v) is 4.35. The summed E-state index contributed by atoms with van der Waals surface area (Å²) in [5.74, 6) is -1.07. The summed E-state index contributed by atoms with van der Waals surface area (Å²) < 4.78 is 13.5. The van der Waals surface area contributed by atoms with Crippen LogP contribution in [0.25, 0.3) is 5.57 Å². The zero-order valence-electron chi connectivity index (χ0n) is 18.8. The third-order valence-corrected chi connectivity index (χ3v) is 6.25. The summed E-state index contributed by atoms with van der Waals surface area (Å²) in [6.07, 6.45) is 0. The Bertz CT molecular complexity index is 1020. The van der Waals surface area contributed by atoms with Crippen LogP contribution in [0.15, 0.2) is 54.2 Å². The summed E-state index contributed by atoms with van der Waals surface area (Å²) in [7, 11) is 2.04. The molecule has 2 aliphatic rings. The van der Waals surface area contributed by atoms with Crippen molar-refractivity contribution in [2.75, 3.05) is 56.1 Å². The number of halogens is 1. The van der Waals surface area contributed by atoms with Gasteiger partial charge in [-0.15, -0.1) is 0 Å². The standard InChI is InChI=1S/C25H29FN4O2/c1-4-28(5-2)20-10-12-21(13-11-20)30-24(31)22(18-6-8-19(26)9-7-18)23(25(30)32)29-16-14-27(3)15-17-29/h6-13H,4-5,14-17H2,1-3H3. The van der Waals surface area contributed by atoms with Gasteiger partial charge in [0.2, 0.25) is 0 Å². The van der Waals surface area contributed by atoms with Gasteiger partial charge in [-0.25, -0.2) is 9.29 Å². The van der Waals surface area contributed by atoms with Crippen LogP contribution >= 0.6 is 0 Å². The van der Waals surface area contributed by atoms with Crippen LogP contribution in [0.1, 0.15) is 19.4 Å². The number of imide groups is 1. The molecule has 6 nitrogen and oxygen atoms in total. The van der Waals surface area contributed by atoms with Crippen molar-refractivity contribution in [2.24, 2.45) is 0 Å². The molecule has 0 aromatic heterocycles. The van der Waals surface area contributed by atoms with Gasteiger partial charge in [-0.05, 0) is 62.9 Å². The van der Waals surface area contributed by atoms with Crippen LogP contribution in [0.5, 0.6) is 0 Å². The fraction of sp³-hybridized carbons (Fsp3) is 0.360. The molecule has 0 bridgehead atoms. The summed E-state index contributed by atoms with van der Waals surface area (Å²) in [4.78, 5) is 34.8. The topological polar surface area (TPSA) is 47.1 Å². The molecule has 0 atom stereocenters. The van der Waals surface area contributed by atoms with E-state index in [9.17, 15) is 14.0 Å². The van der Waals surface area contributed by atoms with Crippen molar-refractivity contribution in [3.05, 3.63) is 65.6 Å². The van der Waals surface area contributed by atoms with Crippen LogP contribution in [0.2, 0.25) is 0 Å². The number of likely N-dealkylation sites (N-methyl/N-ethyl adjacent to an activating group) is 1. The summed E-state index contributed by atoms with van der Waals surface area (Å²) in [5.41, 5.74) is 2.89. The van der Waals surface area contributed by atoms with Crippen molar-refractivity contribution in [3.63, 3.8) is 0 Å². The van der Waals surface area contributed by atoms with E-state index in [1.54, 1.807) is 12.1 Å². The second kappa shape index (κ2) is 9.12. The van der Waals surface area contributed by atoms with Gasteiger partial charge in [-0.2, -0.15) is 0 Å². The van der Waals surface area contributed by atoms with E-state index in [-0.39, 0.29) is 17.6 Å². The van der Waals surface area contributed by atoms with Gasteiger partial charge in [0, 0.05) is 45.0 Å². The first-order valence-electron chi connectivity index (χ1n) is 11.1. The second-order valence-electron chi connectivity index (χ2n) is 8.16. The number of rotatable bonds is 6. The highest BCUT2D eigenvalue weighted by Gasteiger charge is 2.42. The number of nitrogens with zero attached hydrogens (tertiary/aromatic N) is 4. The van der Waals surface area contributed by atoms with Crippen molar-refractivity contribution in [1.29, 1.82) is 0 Å². The molecule has 0 aliphatic carbocycles. The largest absolute Gasteiger partial charge is 0.372 e. The van der Waals surface area contributed by atoms with Gasteiger partial charge in [0.1, 0.15) is 11.5 Å². The van der Waals surface area contributed by atoms with Gasteiger partial charge < -0.3 is 14.7 Å². The minimum atomic E-state index is -0.379. The number of amides is 2. The van der Waals surface area contributed by atoms with Crippen molar-refractivity contribution in [3.8, 4) is 0 Å². The third kappa shape index (κ3) is 4.00. The van der Waals surface area contributed by atoms with Crippen molar-refractivity contribution < 1.29 is 14.0 Å². The molecule has 1 saturated heterocycles. The lowest BCUT2D eigenvalue weighted by atomic mass is 10.0. The molecule has 2 aliphatic heterocycles. The Morgan fingerprint density at radius 1 is 0.844 bits per heavy atom. The molecule has 1 fully saturated rings. The maximum atomic E-state index is 13.6. The van der Waals surface area contributed by atoms with Crippen LogP contribution in [0, 0.1) is 5.82 Å². The predicted molar refractivity (Wildman–Crippen MR) is 125 cm³/mol. The molecule has 2 amide bonds. The molecule has 0 unspecified atom stereocenters. The highest BCUT2D eigenvalue weighted by molar-refractivity contribution is 6.45. The molecular weight excluding hydrogens is 407 g/mol. The zero-order chi connectivity index (χ0) is 22.8.